The first-order valence-electron chi connectivity index (χ1n) is 5.44. The molecule has 0 aliphatic heterocycles. The van der Waals surface area contributed by atoms with Crippen LogP contribution in [0.1, 0.15) is 59.8 Å². The molecule has 0 aliphatic rings. The second kappa shape index (κ2) is 12.3. The van der Waals surface area contributed by atoms with E-state index in [1.54, 1.807) is 13.8 Å². The van der Waals surface area contributed by atoms with Gasteiger partial charge in [-0.2, -0.15) is 0 Å². The van der Waals surface area contributed by atoms with E-state index in [0.717, 1.165) is 0 Å². The summed E-state index contributed by atoms with van der Waals surface area (Å²) in [4.78, 5) is 9.59. The molecule has 0 aromatic carbocycles. The van der Waals surface area contributed by atoms with Crippen LogP contribution in [-0.2, 0) is 4.74 Å². The lowest BCUT2D eigenvalue weighted by Crippen LogP contribution is -2.07. The maximum atomic E-state index is 9.59. The van der Waals surface area contributed by atoms with Crippen molar-refractivity contribution in [1.82, 2.24) is 0 Å². The van der Waals surface area contributed by atoms with Gasteiger partial charge in [0.05, 0.1) is 6.10 Å². The Morgan fingerprint density at radius 2 is 1.57 bits per heavy atom. The molecule has 0 spiro atoms. The average molecular weight is 204 g/mol. The van der Waals surface area contributed by atoms with Crippen LogP contribution in [0.2, 0.25) is 0 Å². The fraction of sp³-hybridized carbons (Fsp3) is 0.909. The maximum Gasteiger partial charge on any atom is 0.506 e. The van der Waals surface area contributed by atoms with Crippen molar-refractivity contribution in [3.05, 3.63) is 0 Å². The van der Waals surface area contributed by atoms with Gasteiger partial charge < -0.3 is 9.84 Å². The smallest absolute Gasteiger partial charge is 0.450 e. The molecule has 0 saturated carbocycles. The summed E-state index contributed by atoms with van der Waals surface area (Å²) in [6.07, 6.45) is 5.57. The van der Waals surface area contributed by atoms with Gasteiger partial charge in [-0.3, -0.25) is 0 Å². The van der Waals surface area contributed by atoms with Gasteiger partial charge in [0.1, 0.15) is 0 Å². The Bertz CT molecular complexity index is 118. The number of carboxylic acid groups (broad SMARTS) is 1. The molecule has 1 N–H and O–H groups in total. The van der Waals surface area contributed by atoms with E-state index < -0.39 is 6.16 Å². The van der Waals surface area contributed by atoms with Gasteiger partial charge in [0.2, 0.25) is 0 Å². The maximum absolute atomic E-state index is 9.59. The van der Waals surface area contributed by atoms with E-state index in [9.17, 15) is 4.79 Å². The first-order chi connectivity index (χ1) is 6.54. The second-order valence-electron chi connectivity index (χ2n) is 3.49. The zero-order valence-corrected chi connectivity index (χ0v) is 9.88. The lowest BCUT2D eigenvalue weighted by atomic mass is 10.2. The Morgan fingerprint density at radius 1 is 1.14 bits per heavy atom. The lowest BCUT2D eigenvalue weighted by molar-refractivity contribution is 0.0660. The van der Waals surface area contributed by atoms with Crippen molar-refractivity contribution >= 4 is 6.16 Å². The fourth-order valence-electron chi connectivity index (χ4n) is 0.878. The molecule has 0 fully saturated rings. The molecule has 0 saturated heterocycles. The zero-order chi connectivity index (χ0) is 11.4. The van der Waals surface area contributed by atoms with E-state index in [1.807, 2.05) is 0 Å². The van der Waals surface area contributed by atoms with Crippen molar-refractivity contribution in [2.45, 2.75) is 65.9 Å². The third-order valence-corrected chi connectivity index (χ3v) is 1.54. The van der Waals surface area contributed by atoms with Crippen LogP contribution >= 0.6 is 0 Å². The number of unbranched alkanes of at least 4 members (excludes halogenated alkanes) is 4. The van der Waals surface area contributed by atoms with Crippen molar-refractivity contribution in [1.29, 1.82) is 0 Å². The standard InChI is InChI=1S/C7H16.C4H8O3/c1-3-5-7-6-4-2;1-3(2)7-4(5)6/h3-7H2,1-2H3;3H,1-2H3,(H,5,6). The summed E-state index contributed by atoms with van der Waals surface area (Å²) in [5.74, 6) is 0. The highest BCUT2D eigenvalue weighted by Crippen LogP contribution is 2.00. The first kappa shape index (κ1) is 15.7. The molecule has 0 radical (unpaired) electrons. The molecule has 3 nitrogen and oxygen atoms in total. The molecule has 0 atom stereocenters. The van der Waals surface area contributed by atoms with E-state index in [2.05, 4.69) is 18.6 Å². The monoisotopic (exact) mass is 204 g/mol. The van der Waals surface area contributed by atoms with E-state index in [1.165, 1.54) is 32.1 Å². The van der Waals surface area contributed by atoms with Crippen LogP contribution in [0.3, 0.4) is 0 Å². The lowest BCUT2D eigenvalue weighted by Gasteiger charge is -1.99. The highest BCUT2D eigenvalue weighted by Gasteiger charge is 1.97. The number of carbonyl (C=O) groups is 1. The van der Waals surface area contributed by atoms with Crippen LogP contribution < -0.4 is 0 Å². The first-order valence-corrected chi connectivity index (χ1v) is 5.44. The molecule has 0 rings (SSSR count). The Morgan fingerprint density at radius 3 is 1.71 bits per heavy atom. The summed E-state index contributed by atoms with van der Waals surface area (Å²) >= 11 is 0. The van der Waals surface area contributed by atoms with Gasteiger partial charge in [-0.15, -0.1) is 0 Å². The third-order valence-electron chi connectivity index (χ3n) is 1.54. The topological polar surface area (TPSA) is 46.5 Å². The Balaban J connectivity index is 0. The SMILES string of the molecule is CC(C)OC(=O)O.CCCCCCC. The van der Waals surface area contributed by atoms with Gasteiger partial charge in [0.25, 0.3) is 0 Å². The normalized spacial score (nSPS) is 9.21. The minimum absolute atomic E-state index is 0.225. The minimum Gasteiger partial charge on any atom is -0.450 e. The fourth-order valence-corrected chi connectivity index (χ4v) is 0.878. The van der Waals surface area contributed by atoms with Gasteiger partial charge in [-0.25, -0.2) is 4.79 Å². The Kier molecular flexibility index (Phi) is 13.8. The summed E-state index contributed by atoms with van der Waals surface area (Å²) in [5.41, 5.74) is 0. The summed E-state index contributed by atoms with van der Waals surface area (Å²) in [6.45, 7) is 7.81. The summed E-state index contributed by atoms with van der Waals surface area (Å²) in [5, 5.41) is 7.86. The van der Waals surface area contributed by atoms with Gasteiger partial charge >= 0.3 is 6.16 Å². The molecule has 3 heteroatoms. The van der Waals surface area contributed by atoms with Gasteiger partial charge in [-0.1, -0.05) is 46.0 Å². The van der Waals surface area contributed by atoms with Crippen molar-refractivity contribution in [3.8, 4) is 0 Å². The summed E-state index contributed by atoms with van der Waals surface area (Å²) in [6, 6.07) is 0. The quantitative estimate of drug-likeness (QED) is 0.542. The van der Waals surface area contributed by atoms with Gasteiger partial charge in [0.15, 0.2) is 0 Å². The molecular formula is C11H24O3. The van der Waals surface area contributed by atoms with Crippen molar-refractivity contribution in [2.24, 2.45) is 0 Å². The average Bonchev–Trinajstić information content (AvgIpc) is 2.04. The molecule has 86 valence electrons. The van der Waals surface area contributed by atoms with E-state index in [4.69, 9.17) is 5.11 Å². The highest BCUT2D eigenvalue weighted by atomic mass is 16.7. The van der Waals surface area contributed by atoms with Gasteiger partial charge in [0, 0.05) is 0 Å². The molecule has 0 aliphatic carbocycles. The van der Waals surface area contributed by atoms with Crippen LogP contribution in [0.4, 0.5) is 4.79 Å². The second-order valence-corrected chi connectivity index (χ2v) is 3.49. The van der Waals surface area contributed by atoms with Crippen LogP contribution in [0.5, 0.6) is 0 Å². The van der Waals surface area contributed by atoms with Crippen LogP contribution in [0.15, 0.2) is 0 Å². The molecule has 0 aromatic rings. The summed E-state index contributed by atoms with van der Waals surface area (Å²) < 4.78 is 4.17. The Hall–Kier alpha value is -0.730. The number of hydrogen-bond acceptors (Lipinski definition) is 2. The van der Waals surface area contributed by atoms with Crippen LogP contribution in [0, 0.1) is 0 Å². The molecule has 0 unspecified atom stereocenters. The van der Waals surface area contributed by atoms with Gasteiger partial charge in [-0.05, 0) is 13.8 Å². The van der Waals surface area contributed by atoms with E-state index >= 15 is 0 Å². The molecular weight excluding hydrogens is 180 g/mol. The number of hydrogen-bond donors (Lipinski definition) is 1. The predicted molar refractivity (Wildman–Crippen MR) is 58.7 cm³/mol. The van der Waals surface area contributed by atoms with Crippen molar-refractivity contribution in [3.63, 3.8) is 0 Å². The highest BCUT2D eigenvalue weighted by molar-refractivity contribution is 5.56. The van der Waals surface area contributed by atoms with E-state index in [0.29, 0.717) is 0 Å². The predicted octanol–water partition coefficient (Wildman–Crippen LogP) is 4.07. The van der Waals surface area contributed by atoms with E-state index in [-0.39, 0.29) is 6.10 Å². The van der Waals surface area contributed by atoms with Crippen LogP contribution in [0.25, 0.3) is 0 Å². The third kappa shape index (κ3) is 22.5. The molecule has 0 bridgehead atoms. The minimum atomic E-state index is -1.21. The molecule has 0 heterocycles. The van der Waals surface area contributed by atoms with Crippen LogP contribution in [-0.4, -0.2) is 17.4 Å². The number of ether oxygens (including phenoxy) is 1. The molecule has 0 amide bonds. The summed E-state index contributed by atoms with van der Waals surface area (Å²) in [7, 11) is 0. The number of rotatable bonds is 5. The molecule has 0 aromatic heterocycles. The molecule has 14 heavy (non-hydrogen) atoms. The zero-order valence-electron chi connectivity index (χ0n) is 9.88. The largest absolute Gasteiger partial charge is 0.506 e. The Labute approximate surface area is 87.5 Å². The van der Waals surface area contributed by atoms with Crippen molar-refractivity contribution in [2.75, 3.05) is 0 Å². The van der Waals surface area contributed by atoms with Crippen molar-refractivity contribution < 1.29 is 14.6 Å².